The zero-order chi connectivity index (χ0) is 11.3. The van der Waals surface area contributed by atoms with Crippen molar-refractivity contribution in [3.05, 3.63) is 23.8 Å². The van der Waals surface area contributed by atoms with Crippen molar-refractivity contribution in [2.24, 2.45) is 0 Å². The highest BCUT2D eigenvalue weighted by Gasteiger charge is 2.08. The molecule has 1 unspecified atom stereocenters. The second kappa shape index (κ2) is 5.64. The van der Waals surface area contributed by atoms with E-state index in [-0.39, 0.29) is 6.61 Å². The van der Waals surface area contributed by atoms with E-state index in [1.165, 1.54) is 0 Å². The molecular weight excluding hydrogens is 208 g/mol. The van der Waals surface area contributed by atoms with Gasteiger partial charge in [0.1, 0.15) is 6.07 Å². The summed E-state index contributed by atoms with van der Waals surface area (Å²) >= 11 is 1.59. The first-order valence-corrected chi connectivity index (χ1v) is 5.62. The normalized spacial score (nSPS) is 12.1. The number of benzene rings is 1. The summed E-state index contributed by atoms with van der Waals surface area (Å²) in [5, 5.41) is 18.0. The van der Waals surface area contributed by atoms with E-state index in [1.807, 2.05) is 13.0 Å². The van der Waals surface area contributed by atoms with Crippen LogP contribution in [0.1, 0.15) is 18.9 Å². The number of nitriles is 1. The van der Waals surface area contributed by atoms with Crippen LogP contribution < -0.4 is 5.73 Å². The van der Waals surface area contributed by atoms with E-state index in [1.54, 1.807) is 23.9 Å². The van der Waals surface area contributed by atoms with Gasteiger partial charge in [-0.25, -0.2) is 0 Å². The van der Waals surface area contributed by atoms with Crippen LogP contribution in [-0.2, 0) is 0 Å². The fourth-order valence-electron chi connectivity index (χ4n) is 1.20. The van der Waals surface area contributed by atoms with Crippen LogP contribution in [0.25, 0.3) is 0 Å². The third-order valence-electron chi connectivity index (χ3n) is 1.99. The maximum Gasteiger partial charge on any atom is 0.100 e. The average molecular weight is 222 g/mol. The Bertz CT molecular complexity index is 373. The zero-order valence-corrected chi connectivity index (χ0v) is 9.42. The molecule has 3 N–H and O–H groups in total. The number of anilines is 1. The predicted molar refractivity (Wildman–Crippen MR) is 62.6 cm³/mol. The molecule has 0 spiro atoms. The lowest BCUT2D eigenvalue weighted by Gasteiger charge is -2.10. The number of nitrogen functional groups attached to an aromatic ring is 1. The zero-order valence-electron chi connectivity index (χ0n) is 8.60. The number of aliphatic hydroxyl groups excluding tert-OH is 1. The van der Waals surface area contributed by atoms with Crippen LogP contribution in [0, 0.1) is 11.3 Å². The third-order valence-corrected chi connectivity index (χ3v) is 3.24. The van der Waals surface area contributed by atoms with Gasteiger partial charge in [0, 0.05) is 22.4 Å². The Balaban J connectivity index is 2.81. The monoisotopic (exact) mass is 222 g/mol. The van der Waals surface area contributed by atoms with Gasteiger partial charge in [-0.15, -0.1) is 11.8 Å². The molecule has 0 aliphatic carbocycles. The van der Waals surface area contributed by atoms with Crippen LogP contribution in [0.2, 0.25) is 0 Å². The average Bonchev–Trinajstić information content (AvgIpc) is 2.21. The molecule has 0 aliphatic heterocycles. The van der Waals surface area contributed by atoms with Crippen molar-refractivity contribution in [2.75, 3.05) is 12.3 Å². The van der Waals surface area contributed by atoms with Gasteiger partial charge in [-0.1, -0.05) is 6.92 Å². The Hall–Kier alpha value is -1.18. The van der Waals surface area contributed by atoms with Crippen LogP contribution >= 0.6 is 11.8 Å². The minimum absolute atomic E-state index is 0.172. The van der Waals surface area contributed by atoms with Crippen LogP contribution in [0.3, 0.4) is 0 Å². The van der Waals surface area contributed by atoms with Crippen molar-refractivity contribution < 1.29 is 5.11 Å². The molecular formula is C11H14N2OS. The van der Waals surface area contributed by atoms with Crippen LogP contribution in [0.4, 0.5) is 5.69 Å². The maximum atomic E-state index is 8.92. The molecule has 1 rings (SSSR count). The molecule has 0 aliphatic rings. The molecule has 1 atom stereocenters. The van der Waals surface area contributed by atoms with Gasteiger partial charge in [-0.05, 0) is 24.6 Å². The summed E-state index contributed by atoms with van der Waals surface area (Å²) in [5.74, 6) is 0. The van der Waals surface area contributed by atoms with E-state index in [0.717, 1.165) is 11.3 Å². The van der Waals surface area contributed by atoms with Crippen LogP contribution in [0.5, 0.6) is 0 Å². The number of hydrogen-bond donors (Lipinski definition) is 2. The van der Waals surface area contributed by atoms with E-state index in [4.69, 9.17) is 16.1 Å². The van der Waals surface area contributed by atoms with Crippen LogP contribution in [0.15, 0.2) is 23.1 Å². The molecule has 0 amide bonds. The first-order chi connectivity index (χ1) is 7.17. The van der Waals surface area contributed by atoms with Crippen LogP contribution in [-0.4, -0.2) is 17.0 Å². The van der Waals surface area contributed by atoms with E-state index in [0.29, 0.717) is 16.5 Å². The van der Waals surface area contributed by atoms with Gasteiger partial charge in [-0.2, -0.15) is 5.26 Å². The standard InChI is InChI=1S/C11H14N2OS/c1-8(4-5-14)15-11-3-2-10(13)6-9(11)7-12/h2-3,6,8,14H,4-5,13H2,1H3. The number of nitrogens with two attached hydrogens (primary N) is 1. The summed E-state index contributed by atoms with van der Waals surface area (Å²) in [6.45, 7) is 2.20. The number of rotatable bonds is 4. The minimum Gasteiger partial charge on any atom is -0.399 e. The lowest BCUT2D eigenvalue weighted by atomic mass is 10.2. The highest BCUT2D eigenvalue weighted by Crippen LogP contribution is 2.29. The SMILES string of the molecule is CC(CCO)Sc1ccc(N)cc1C#N. The highest BCUT2D eigenvalue weighted by atomic mass is 32.2. The van der Waals surface area contributed by atoms with Gasteiger partial charge in [0.2, 0.25) is 0 Å². The second-order valence-corrected chi connectivity index (χ2v) is 4.79. The van der Waals surface area contributed by atoms with E-state index >= 15 is 0 Å². The largest absolute Gasteiger partial charge is 0.399 e. The van der Waals surface area contributed by atoms with Gasteiger partial charge in [-0.3, -0.25) is 0 Å². The summed E-state index contributed by atoms with van der Waals surface area (Å²) in [6.07, 6.45) is 0.722. The first kappa shape index (κ1) is 11.9. The molecule has 80 valence electrons. The fourth-order valence-corrected chi connectivity index (χ4v) is 2.23. The molecule has 1 aromatic rings. The molecule has 0 saturated heterocycles. The Kier molecular flexibility index (Phi) is 4.47. The van der Waals surface area contributed by atoms with Crippen molar-refractivity contribution in [1.29, 1.82) is 5.26 Å². The predicted octanol–water partition coefficient (Wildman–Crippen LogP) is 2.00. The van der Waals surface area contributed by atoms with Crippen molar-refractivity contribution in [2.45, 2.75) is 23.5 Å². The summed E-state index contributed by atoms with van der Waals surface area (Å²) < 4.78 is 0. The molecule has 4 heteroatoms. The highest BCUT2D eigenvalue weighted by molar-refractivity contribution is 8.00. The summed E-state index contributed by atoms with van der Waals surface area (Å²) in [5.41, 5.74) is 6.80. The molecule has 0 fully saturated rings. The molecule has 0 saturated carbocycles. The first-order valence-electron chi connectivity index (χ1n) is 4.74. The fraction of sp³-hybridized carbons (Fsp3) is 0.364. The number of thioether (sulfide) groups is 1. The van der Waals surface area contributed by atoms with Crippen molar-refractivity contribution in [3.8, 4) is 6.07 Å². The van der Waals surface area contributed by atoms with Crippen molar-refractivity contribution in [1.82, 2.24) is 0 Å². The van der Waals surface area contributed by atoms with Gasteiger partial charge in [0.15, 0.2) is 0 Å². The smallest absolute Gasteiger partial charge is 0.100 e. The quantitative estimate of drug-likeness (QED) is 0.604. The second-order valence-electron chi connectivity index (χ2n) is 3.31. The van der Waals surface area contributed by atoms with Gasteiger partial charge in [0.25, 0.3) is 0 Å². The lowest BCUT2D eigenvalue weighted by Crippen LogP contribution is -2.00. The Morgan fingerprint density at radius 2 is 2.33 bits per heavy atom. The van der Waals surface area contributed by atoms with Crippen molar-refractivity contribution >= 4 is 17.4 Å². The molecule has 1 aromatic carbocycles. The number of hydrogen-bond acceptors (Lipinski definition) is 4. The third kappa shape index (κ3) is 3.46. The van der Waals surface area contributed by atoms with E-state index in [9.17, 15) is 0 Å². The summed E-state index contributed by atoms with van der Waals surface area (Å²) in [6, 6.07) is 7.44. The van der Waals surface area contributed by atoms with E-state index < -0.39 is 0 Å². The minimum atomic E-state index is 0.172. The van der Waals surface area contributed by atoms with Gasteiger partial charge < -0.3 is 10.8 Å². The topological polar surface area (TPSA) is 70.0 Å². The van der Waals surface area contributed by atoms with Crippen molar-refractivity contribution in [3.63, 3.8) is 0 Å². The molecule has 0 heterocycles. The molecule has 0 radical (unpaired) electrons. The lowest BCUT2D eigenvalue weighted by molar-refractivity contribution is 0.289. The molecule has 0 bridgehead atoms. The Labute approximate surface area is 93.9 Å². The number of aliphatic hydroxyl groups is 1. The number of nitrogens with zero attached hydrogens (tertiary/aromatic N) is 1. The van der Waals surface area contributed by atoms with Gasteiger partial charge in [0.05, 0.1) is 5.56 Å². The van der Waals surface area contributed by atoms with E-state index in [2.05, 4.69) is 6.07 Å². The van der Waals surface area contributed by atoms with Gasteiger partial charge >= 0.3 is 0 Å². The summed E-state index contributed by atoms with van der Waals surface area (Å²) in [4.78, 5) is 0.924. The maximum absolute atomic E-state index is 8.92. The summed E-state index contributed by atoms with van der Waals surface area (Å²) in [7, 11) is 0. The molecule has 3 nitrogen and oxygen atoms in total. The Morgan fingerprint density at radius 3 is 2.93 bits per heavy atom. The molecule has 0 aromatic heterocycles. The molecule has 15 heavy (non-hydrogen) atoms. The Morgan fingerprint density at radius 1 is 1.60 bits per heavy atom.